The third kappa shape index (κ3) is 5.16. The Morgan fingerprint density at radius 2 is 2.05 bits per heavy atom. The van der Waals surface area contributed by atoms with E-state index in [4.69, 9.17) is 5.11 Å². The fraction of sp³-hybridized carbons (Fsp3) is 0.571. The van der Waals surface area contributed by atoms with Crippen molar-refractivity contribution in [3.8, 4) is 0 Å². The van der Waals surface area contributed by atoms with Crippen LogP contribution in [0.4, 0.5) is 0 Å². The lowest BCUT2D eigenvalue weighted by Crippen LogP contribution is -2.32. The first-order valence-electron chi connectivity index (χ1n) is 6.82. The Labute approximate surface area is 129 Å². The maximum atomic E-state index is 12.3. The third-order valence-electron chi connectivity index (χ3n) is 3.07. The van der Waals surface area contributed by atoms with Crippen LogP contribution in [0.3, 0.4) is 0 Å². The summed E-state index contributed by atoms with van der Waals surface area (Å²) in [6, 6.07) is 4.66. The van der Waals surface area contributed by atoms with Crippen molar-refractivity contribution in [3.63, 3.8) is 0 Å². The van der Waals surface area contributed by atoms with Crippen molar-refractivity contribution in [1.29, 1.82) is 0 Å². The first-order chi connectivity index (χ1) is 9.40. The molecule has 0 saturated heterocycles. The second-order valence-electron chi connectivity index (χ2n) is 4.94. The van der Waals surface area contributed by atoms with Crippen molar-refractivity contribution < 1.29 is 13.5 Å². The molecular formula is C14H22BrNO3S. The highest BCUT2D eigenvalue weighted by molar-refractivity contribution is 9.10. The van der Waals surface area contributed by atoms with Gasteiger partial charge >= 0.3 is 0 Å². The lowest BCUT2D eigenvalue weighted by Gasteiger charge is -2.15. The summed E-state index contributed by atoms with van der Waals surface area (Å²) >= 11 is 3.25. The lowest BCUT2D eigenvalue weighted by atomic mass is 10.1. The van der Waals surface area contributed by atoms with Gasteiger partial charge in [0.15, 0.2) is 0 Å². The second kappa shape index (κ2) is 8.12. The van der Waals surface area contributed by atoms with Crippen LogP contribution in [-0.4, -0.2) is 19.6 Å². The summed E-state index contributed by atoms with van der Waals surface area (Å²) in [6.07, 6.45) is 4.08. The molecule has 0 aliphatic carbocycles. The maximum absolute atomic E-state index is 12.3. The van der Waals surface area contributed by atoms with Crippen LogP contribution in [0.25, 0.3) is 0 Å². The van der Waals surface area contributed by atoms with Gasteiger partial charge in [0.25, 0.3) is 0 Å². The summed E-state index contributed by atoms with van der Waals surface area (Å²) < 4.78 is 27.7. The predicted molar refractivity (Wildman–Crippen MR) is 84.0 cm³/mol. The number of nitrogens with one attached hydrogen (secondary N) is 1. The zero-order valence-corrected chi connectivity index (χ0v) is 14.3. The molecule has 0 saturated carbocycles. The zero-order chi connectivity index (χ0) is 15.2. The molecule has 1 unspecified atom stereocenters. The Morgan fingerprint density at radius 3 is 2.60 bits per heavy atom. The first-order valence-corrected chi connectivity index (χ1v) is 9.10. The number of aliphatic hydroxyl groups is 1. The van der Waals surface area contributed by atoms with E-state index >= 15 is 0 Å². The minimum atomic E-state index is -3.53. The van der Waals surface area contributed by atoms with Gasteiger partial charge in [-0.25, -0.2) is 13.1 Å². The summed E-state index contributed by atoms with van der Waals surface area (Å²) in [6.45, 7) is 3.89. The number of halogens is 1. The number of unbranched alkanes of at least 4 members (excludes halogenated alkanes) is 2. The van der Waals surface area contributed by atoms with Gasteiger partial charge in [0.1, 0.15) is 0 Å². The van der Waals surface area contributed by atoms with Crippen molar-refractivity contribution in [3.05, 3.63) is 28.2 Å². The Balaban J connectivity index is 2.78. The molecule has 4 nitrogen and oxygen atoms in total. The van der Waals surface area contributed by atoms with Gasteiger partial charge in [-0.05, 0) is 47.0 Å². The van der Waals surface area contributed by atoms with E-state index in [9.17, 15) is 8.42 Å². The van der Waals surface area contributed by atoms with Crippen LogP contribution in [-0.2, 0) is 16.6 Å². The number of rotatable bonds is 8. The molecule has 1 aromatic rings. The molecule has 0 bridgehead atoms. The van der Waals surface area contributed by atoms with Crippen LogP contribution < -0.4 is 4.72 Å². The van der Waals surface area contributed by atoms with Gasteiger partial charge in [0, 0.05) is 10.5 Å². The zero-order valence-electron chi connectivity index (χ0n) is 11.9. The van der Waals surface area contributed by atoms with Crippen LogP contribution >= 0.6 is 15.9 Å². The number of aliphatic hydroxyl groups excluding tert-OH is 1. The van der Waals surface area contributed by atoms with Gasteiger partial charge in [0.05, 0.1) is 11.5 Å². The highest BCUT2D eigenvalue weighted by atomic mass is 79.9. The molecular weight excluding hydrogens is 342 g/mol. The van der Waals surface area contributed by atoms with E-state index in [2.05, 4.69) is 27.6 Å². The Bertz CT molecular complexity index is 531. The number of benzene rings is 1. The van der Waals surface area contributed by atoms with Crippen LogP contribution in [0.5, 0.6) is 0 Å². The molecule has 1 aromatic carbocycles. The molecule has 0 heterocycles. The molecule has 20 heavy (non-hydrogen) atoms. The van der Waals surface area contributed by atoms with E-state index in [0.29, 0.717) is 10.0 Å². The number of sulfonamides is 1. The number of hydrogen-bond donors (Lipinski definition) is 2. The third-order valence-corrected chi connectivity index (χ3v) is 5.63. The van der Waals surface area contributed by atoms with Gasteiger partial charge < -0.3 is 5.11 Å². The smallest absolute Gasteiger partial charge is 0.241 e. The summed E-state index contributed by atoms with van der Waals surface area (Å²) in [7, 11) is -3.53. The predicted octanol–water partition coefficient (Wildman–Crippen LogP) is 3.19. The molecule has 0 fully saturated rings. The molecule has 1 rings (SSSR count). The largest absolute Gasteiger partial charge is 0.392 e. The molecule has 0 aliphatic heterocycles. The van der Waals surface area contributed by atoms with Crippen LogP contribution in [0.1, 0.15) is 45.1 Å². The van der Waals surface area contributed by atoms with Gasteiger partial charge in [-0.15, -0.1) is 0 Å². The highest BCUT2D eigenvalue weighted by Crippen LogP contribution is 2.23. The Morgan fingerprint density at radius 1 is 1.35 bits per heavy atom. The van der Waals surface area contributed by atoms with E-state index in [1.807, 2.05) is 6.92 Å². The first kappa shape index (κ1) is 17.6. The maximum Gasteiger partial charge on any atom is 0.241 e. The molecule has 0 amide bonds. The molecule has 114 valence electrons. The molecule has 6 heteroatoms. The van der Waals surface area contributed by atoms with Crippen LogP contribution in [0.15, 0.2) is 27.6 Å². The second-order valence-corrected chi connectivity index (χ2v) is 7.48. The molecule has 1 atom stereocenters. The minimum Gasteiger partial charge on any atom is -0.392 e. The van der Waals surface area contributed by atoms with E-state index in [1.54, 1.807) is 12.1 Å². The molecule has 0 aromatic heterocycles. The van der Waals surface area contributed by atoms with Gasteiger partial charge in [0.2, 0.25) is 10.0 Å². The van der Waals surface area contributed by atoms with Gasteiger partial charge in [-0.1, -0.05) is 32.3 Å². The number of hydrogen-bond acceptors (Lipinski definition) is 3. The summed E-state index contributed by atoms with van der Waals surface area (Å²) in [5.74, 6) is 0. The lowest BCUT2D eigenvalue weighted by molar-refractivity contribution is 0.281. The Kier molecular flexibility index (Phi) is 7.15. The van der Waals surface area contributed by atoms with Crippen LogP contribution in [0, 0.1) is 0 Å². The normalized spacial score (nSPS) is 13.4. The molecule has 0 radical (unpaired) electrons. The molecule has 0 aliphatic rings. The highest BCUT2D eigenvalue weighted by Gasteiger charge is 2.20. The van der Waals surface area contributed by atoms with E-state index < -0.39 is 10.0 Å². The topological polar surface area (TPSA) is 66.4 Å². The van der Waals surface area contributed by atoms with E-state index in [0.717, 1.165) is 25.7 Å². The molecule has 0 spiro atoms. The van der Waals surface area contributed by atoms with Crippen molar-refractivity contribution in [1.82, 2.24) is 4.72 Å². The van der Waals surface area contributed by atoms with Crippen LogP contribution in [0.2, 0.25) is 0 Å². The SMILES string of the molecule is CCCCCC(C)NS(=O)(=O)c1ccc(CO)cc1Br. The van der Waals surface area contributed by atoms with Gasteiger partial charge in [-0.3, -0.25) is 0 Å². The van der Waals surface area contributed by atoms with Crippen molar-refractivity contribution >= 4 is 26.0 Å². The van der Waals surface area contributed by atoms with E-state index in [1.165, 1.54) is 6.07 Å². The fourth-order valence-corrected chi connectivity index (χ4v) is 4.35. The summed E-state index contributed by atoms with van der Waals surface area (Å²) in [5.41, 5.74) is 0.673. The summed E-state index contributed by atoms with van der Waals surface area (Å²) in [4.78, 5) is 0.206. The quantitative estimate of drug-likeness (QED) is 0.697. The fourth-order valence-electron chi connectivity index (χ4n) is 1.95. The van der Waals surface area contributed by atoms with Crippen molar-refractivity contribution in [2.75, 3.05) is 0 Å². The minimum absolute atomic E-state index is 0.0871. The molecule has 2 N–H and O–H groups in total. The average molecular weight is 364 g/mol. The summed E-state index contributed by atoms with van der Waals surface area (Å²) in [5, 5.41) is 9.04. The standard InChI is InChI=1S/C14H22BrNO3S/c1-3-4-5-6-11(2)16-20(18,19)14-8-7-12(10-17)9-13(14)15/h7-9,11,16-17H,3-6,10H2,1-2H3. The van der Waals surface area contributed by atoms with Crippen molar-refractivity contribution in [2.24, 2.45) is 0 Å². The van der Waals surface area contributed by atoms with E-state index in [-0.39, 0.29) is 17.5 Å². The average Bonchev–Trinajstić information content (AvgIpc) is 2.37. The van der Waals surface area contributed by atoms with Crippen molar-refractivity contribution in [2.45, 2.75) is 57.1 Å². The van der Waals surface area contributed by atoms with Gasteiger partial charge in [-0.2, -0.15) is 0 Å². The Hall–Kier alpha value is -0.430. The monoisotopic (exact) mass is 363 g/mol.